The van der Waals surface area contributed by atoms with Crippen LogP contribution in [0.2, 0.25) is 5.02 Å². The Morgan fingerprint density at radius 1 is 1.12 bits per heavy atom. The molecule has 0 bridgehead atoms. The van der Waals surface area contributed by atoms with Crippen molar-refractivity contribution in [3.63, 3.8) is 0 Å². The van der Waals surface area contributed by atoms with Gasteiger partial charge in [-0.25, -0.2) is 4.68 Å². The number of aliphatic hydroxyl groups is 1. The average molecular weight is 472 g/mol. The summed E-state index contributed by atoms with van der Waals surface area (Å²) in [5.74, 6) is 1.20. The molecule has 3 aromatic rings. The maximum Gasteiger partial charge on any atom is 0.227 e. The lowest BCUT2D eigenvalue weighted by molar-refractivity contribution is 0.0786. The summed E-state index contributed by atoms with van der Waals surface area (Å²) in [5, 5.41) is 15.9. The average Bonchev–Trinajstić information content (AvgIpc) is 3.13. The first-order valence-corrected chi connectivity index (χ1v) is 11.9. The zero-order valence-corrected chi connectivity index (χ0v) is 20.5. The summed E-state index contributed by atoms with van der Waals surface area (Å²) < 4.78 is 13.5. The van der Waals surface area contributed by atoms with Crippen molar-refractivity contribution >= 4 is 11.6 Å². The number of halogens is 1. The topological polar surface area (TPSA) is 59.8 Å². The summed E-state index contributed by atoms with van der Waals surface area (Å²) in [6, 6.07) is 17.3. The third-order valence-corrected chi connectivity index (χ3v) is 5.85. The smallest absolute Gasteiger partial charge is 0.227 e. The molecule has 33 heavy (non-hydrogen) atoms. The quantitative estimate of drug-likeness (QED) is 0.350. The van der Waals surface area contributed by atoms with Crippen molar-refractivity contribution < 1.29 is 14.6 Å². The summed E-state index contributed by atoms with van der Waals surface area (Å²) in [5.41, 5.74) is 2.73. The molecule has 1 N–H and O–H groups in total. The lowest BCUT2D eigenvalue weighted by atomic mass is 10.1. The van der Waals surface area contributed by atoms with Gasteiger partial charge in [0.15, 0.2) is 0 Å². The van der Waals surface area contributed by atoms with Gasteiger partial charge in [0.25, 0.3) is 0 Å². The number of hydrogen-bond acceptors (Lipinski definition) is 5. The number of ether oxygens (including phenoxy) is 2. The molecule has 0 aliphatic rings. The number of nitrogens with zero attached hydrogens (tertiary/aromatic N) is 3. The molecule has 3 rings (SSSR count). The Bertz CT molecular complexity index is 994. The zero-order chi connectivity index (χ0) is 23.6. The second-order valence-electron chi connectivity index (χ2n) is 8.17. The van der Waals surface area contributed by atoms with E-state index in [2.05, 4.69) is 11.8 Å². The van der Waals surface area contributed by atoms with E-state index in [1.165, 1.54) is 0 Å². The minimum Gasteiger partial charge on any atom is -0.437 e. The molecule has 1 unspecified atom stereocenters. The van der Waals surface area contributed by atoms with E-state index in [0.29, 0.717) is 42.9 Å². The molecule has 7 heteroatoms. The maximum absolute atomic E-state index is 10.6. The number of rotatable bonds is 13. The summed E-state index contributed by atoms with van der Waals surface area (Å²) in [6.45, 7) is 6.52. The Morgan fingerprint density at radius 3 is 2.55 bits per heavy atom. The number of methoxy groups -OCH3 is 1. The van der Waals surface area contributed by atoms with Gasteiger partial charge in [0.2, 0.25) is 5.88 Å². The third-order valence-electron chi connectivity index (χ3n) is 5.53. The normalized spacial score (nSPS) is 12.3. The molecule has 0 aliphatic heterocycles. The molecule has 0 saturated heterocycles. The van der Waals surface area contributed by atoms with Gasteiger partial charge < -0.3 is 14.6 Å². The van der Waals surface area contributed by atoms with Gasteiger partial charge in [-0.3, -0.25) is 4.90 Å². The van der Waals surface area contributed by atoms with Crippen LogP contribution in [0.4, 0.5) is 0 Å². The fourth-order valence-electron chi connectivity index (χ4n) is 3.71. The van der Waals surface area contributed by atoms with E-state index in [-0.39, 0.29) is 6.10 Å². The minimum atomic E-state index is -0.390. The van der Waals surface area contributed by atoms with Gasteiger partial charge >= 0.3 is 0 Å². The van der Waals surface area contributed by atoms with Crippen LogP contribution in [-0.4, -0.2) is 52.7 Å². The standard InChI is InChI=1S/C26H34ClN3O3/c1-4-5-13-22(31)18-29(16-17-32-3)19-23-20(2)28-30(21-11-7-6-8-12-21)26(23)33-25-15-10-9-14-24(25)27/h6-12,14-15,22,31H,4-5,13,16-19H2,1-3H3. The van der Waals surface area contributed by atoms with Crippen LogP contribution in [-0.2, 0) is 11.3 Å². The highest BCUT2D eigenvalue weighted by Gasteiger charge is 2.23. The number of aryl methyl sites for hydroxylation is 1. The highest BCUT2D eigenvalue weighted by Crippen LogP contribution is 2.34. The van der Waals surface area contributed by atoms with Crippen molar-refractivity contribution in [3.8, 4) is 17.3 Å². The van der Waals surface area contributed by atoms with E-state index >= 15 is 0 Å². The van der Waals surface area contributed by atoms with Gasteiger partial charge in [-0.05, 0) is 37.6 Å². The van der Waals surface area contributed by atoms with Crippen molar-refractivity contribution in [2.45, 2.75) is 45.8 Å². The molecule has 0 fully saturated rings. The summed E-state index contributed by atoms with van der Waals surface area (Å²) in [7, 11) is 1.69. The van der Waals surface area contributed by atoms with Gasteiger partial charge in [-0.1, -0.05) is 61.7 Å². The van der Waals surface area contributed by atoms with E-state index in [0.717, 1.165) is 36.2 Å². The molecule has 1 atom stereocenters. The third kappa shape index (κ3) is 7.05. The molecule has 6 nitrogen and oxygen atoms in total. The molecular formula is C26H34ClN3O3. The van der Waals surface area contributed by atoms with Crippen LogP contribution in [0, 0.1) is 6.92 Å². The number of aliphatic hydroxyl groups excluding tert-OH is 1. The van der Waals surface area contributed by atoms with Gasteiger partial charge in [0, 0.05) is 26.7 Å². The Hall–Kier alpha value is -2.38. The Labute approximate surface area is 201 Å². The van der Waals surface area contributed by atoms with Crippen molar-refractivity contribution in [1.29, 1.82) is 0 Å². The van der Waals surface area contributed by atoms with Crippen LogP contribution in [0.5, 0.6) is 11.6 Å². The van der Waals surface area contributed by atoms with Crippen LogP contribution < -0.4 is 4.74 Å². The lowest BCUT2D eigenvalue weighted by Gasteiger charge is -2.25. The van der Waals surface area contributed by atoms with Crippen molar-refractivity contribution in [2.75, 3.05) is 26.8 Å². The van der Waals surface area contributed by atoms with Crippen LogP contribution in [0.3, 0.4) is 0 Å². The monoisotopic (exact) mass is 471 g/mol. The number of hydrogen-bond donors (Lipinski definition) is 1. The van der Waals surface area contributed by atoms with Gasteiger partial charge in [-0.2, -0.15) is 5.10 Å². The summed E-state index contributed by atoms with van der Waals surface area (Å²) >= 11 is 6.41. The number of benzene rings is 2. The second-order valence-corrected chi connectivity index (χ2v) is 8.58. The van der Waals surface area contributed by atoms with E-state index in [1.807, 2.05) is 66.2 Å². The van der Waals surface area contributed by atoms with Crippen LogP contribution in [0.15, 0.2) is 54.6 Å². The SMILES string of the molecule is CCCCC(O)CN(CCOC)Cc1c(C)nn(-c2ccccc2)c1Oc1ccccc1Cl. The molecule has 0 saturated carbocycles. The first kappa shape index (κ1) is 25.2. The number of para-hydroxylation sites is 2. The highest BCUT2D eigenvalue weighted by molar-refractivity contribution is 6.32. The lowest BCUT2D eigenvalue weighted by Crippen LogP contribution is -2.34. The minimum absolute atomic E-state index is 0.390. The van der Waals surface area contributed by atoms with Crippen LogP contribution in [0.25, 0.3) is 5.69 Å². The van der Waals surface area contributed by atoms with E-state index in [4.69, 9.17) is 26.2 Å². The van der Waals surface area contributed by atoms with E-state index < -0.39 is 0 Å². The van der Waals surface area contributed by atoms with Crippen LogP contribution >= 0.6 is 11.6 Å². The fourth-order valence-corrected chi connectivity index (χ4v) is 3.88. The second kappa shape index (κ2) is 12.8. The first-order valence-electron chi connectivity index (χ1n) is 11.5. The molecule has 0 aliphatic carbocycles. The Kier molecular flexibility index (Phi) is 9.76. The predicted molar refractivity (Wildman–Crippen MR) is 133 cm³/mol. The zero-order valence-electron chi connectivity index (χ0n) is 19.7. The van der Waals surface area contributed by atoms with E-state index in [9.17, 15) is 5.11 Å². The fraction of sp³-hybridized carbons (Fsp3) is 0.423. The summed E-state index contributed by atoms with van der Waals surface area (Å²) in [4.78, 5) is 2.20. The van der Waals surface area contributed by atoms with Crippen molar-refractivity contribution in [1.82, 2.24) is 14.7 Å². The first-order chi connectivity index (χ1) is 16.0. The van der Waals surface area contributed by atoms with Crippen LogP contribution in [0.1, 0.15) is 37.4 Å². The molecule has 0 amide bonds. The number of unbranched alkanes of at least 4 members (excludes halogenated alkanes) is 1. The van der Waals surface area contributed by atoms with Gasteiger partial charge in [0.05, 0.1) is 34.7 Å². The molecule has 1 aromatic heterocycles. The predicted octanol–water partition coefficient (Wildman–Crippen LogP) is 5.63. The largest absolute Gasteiger partial charge is 0.437 e. The summed E-state index contributed by atoms with van der Waals surface area (Å²) in [6.07, 6.45) is 2.46. The van der Waals surface area contributed by atoms with Crippen molar-refractivity contribution in [3.05, 3.63) is 70.9 Å². The molecular weight excluding hydrogens is 438 g/mol. The Balaban J connectivity index is 1.96. The Morgan fingerprint density at radius 2 is 1.85 bits per heavy atom. The van der Waals surface area contributed by atoms with Crippen molar-refractivity contribution in [2.24, 2.45) is 0 Å². The molecule has 178 valence electrons. The molecule has 2 aromatic carbocycles. The molecule has 0 spiro atoms. The highest BCUT2D eigenvalue weighted by atomic mass is 35.5. The molecule has 0 radical (unpaired) electrons. The number of aromatic nitrogens is 2. The van der Waals surface area contributed by atoms with Gasteiger partial charge in [-0.15, -0.1) is 0 Å². The van der Waals surface area contributed by atoms with Gasteiger partial charge in [0.1, 0.15) is 5.75 Å². The molecule has 1 heterocycles. The maximum atomic E-state index is 10.6. The van der Waals surface area contributed by atoms with E-state index in [1.54, 1.807) is 7.11 Å².